The Kier molecular flexibility index (Phi) is 6.48. The summed E-state index contributed by atoms with van der Waals surface area (Å²) in [6.45, 7) is 8.13. The molecule has 0 aliphatic carbocycles. The fraction of sp³-hybridized carbons (Fsp3) is 0.611. The molecular formula is C18H27BrN2O2. The van der Waals surface area contributed by atoms with Gasteiger partial charge in [0.1, 0.15) is 5.60 Å². The molecule has 1 heterocycles. The van der Waals surface area contributed by atoms with Crippen molar-refractivity contribution in [3.8, 4) is 0 Å². The Hall–Kier alpha value is -1.07. The van der Waals surface area contributed by atoms with Crippen molar-refractivity contribution < 1.29 is 9.53 Å². The van der Waals surface area contributed by atoms with Crippen molar-refractivity contribution in [3.05, 3.63) is 34.3 Å². The number of amides is 1. The Morgan fingerprint density at radius 2 is 2.17 bits per heavy atom. The summed E-state index contributed by atoms with van der Waals surface area (Å²) in [5.74, 6) is 0. The van der Waals surface area contributed by atoms with Gasteiger partial charge in [0, 0.05) is 30.1 Å². The smallest absolute Gasteiger partial charge is 0.410 e. The van der Waals surface area contributed by atoms with E-state index in [2.05, 4.69) is 33.4 Å². The summed E-state index contributed by atoms with van der Waals surface area (Å²) < 4.78 is 6.63. The van der Waals surface area contributed by atoms with Crippen LogP contribution in [0, 0.1) is 0 Å². The van der Waals surface area contributed by atoms with E-state index in [1.165, 1.54) is 12.0 Å². The summed E-state index contributed by atoms with van der Waals surface area (Å²) >= 11 is 3.49. The molecule has 0 spiro atoms. The third-order valence-electron chi connectivity index (χ3n) is 3.85. The first kappa shape index (κ1) is 18.3. The van der Waals surface area contributed by atoms with Crippen LogP contribution in [0.25, 0.3) is 0 Å². The minimum Gasteiger partial charge on any atom is -0.444 e. The maximum absolute atomic E-state index is 12.4. The lowest BCUT2D eigenvalue weighted by molar-refractivity contribution is 0.00993. The largest absolute Gasteiger partial charge is 0.444 e. The number of likely N-dealkylation sites (tertiary alicyclic amines) is 1. The molecule has 0 aromatic heterocycles. The van der Waals surface area contributed by atoms with Crippen LogP contribution in [0.1, 0.15) is 45.6 Å². The van der Waals surface area contributed by atoms with E-state index in [0.29, 0.717) is 0 Å². The van der Waals surface area contributed by atoms with Crippen molar-refractivity contribution in [1.82, 2.24) is 10.2 Å². The average Bonchev–Trinajstić information content (AvgIpc) is 2.46. The molecule has 0 bridgehead atoms. The second-order valence-corrected chi connectivity index (χ2v) is 8.00. The van der Waals surface area contributed by atoms with Gasteiger partial charge < -0.3 is 15.0 Å². The molecule has 2 rings (SSSR count). The Bertz CT molecular complexity index is 528. The molecule has 1 aliphatic rings. The molecule has 1 aliphatic heterocycles. The third kappa shape index (κ3) is 6.15. The van der Waals surface area contributed by atoms with Gasteiger partial charge in [-0.15, -0.1) is 0 Å². The van der Waals surface area contributed by atoms with Gasteiger partial charge in [0.2, 0.25) is 0 Å². The third-order valence-corrected chi connectivity index (χ3v) is 4.35. The van der Waals surface area contributed by atoms with Crippen LogP contribution in [0.2, 0.25) is 0 Å². The van der Waals surface area contributed by atoms with Gasteiger partial charge in [-0.05, 0) is 57.7 Å². The van der Waals surface area contributed by atoms with Crippen molar-refractivity contribution in [2.24, 2.45) is 0 Å². The summed E-state index contributed by atoms with van der Waals surface area (Å²) in [5, 5.41) is 3.48. The molecule has 0 unspecified atom stereocenters. The van der Waals surface area contributed by atoms with E-state index in [-0.39, 0.29) is 12.1 Å². The summed E-state index contributed by atoms with van der Waals surface area (Å²) in [6, 6.07) is 8.48. The van der Waals surface area contributed by atoms with Gasteiger partial charge in [-0.3, -0.25) is 0 Å². The maximum Gasteiger partial charge on any atom is 0.410 e. The van der Waals surface area contributed by atoms with E-state index < -0.39 is 5.60 Å². The second kappa shape index (κ2) is 8.15. The molecule has 1 amide bonds. The fourth-order valence-electron chi connectivity index (χ4n) is 2.80. The number of halogens is 1. The molecule has 23 heavy (non-hydrogen) atoms. The van der Waals surface area contributed by atoms with Gasteiger partial charge in [0.15, 0.2) is 0 Å². The van der Waals surface area contributed by atoms with Crippen LogP contribution < -0.4 is 5.32 Å². The standard InChI is InChI=1S/C18H27BrN2O2/c1-18(2,3)23-17(22)21-10-5-4-9-16(21)13-20-12-14-7-6-8-15(19)11-14/h6-8,11,16,20H,4-5,9-10,12-13H2,1-3H3/t16-/m0/s1. The molecule has 1 aromatic carbocycles. The predicted octanol–water partition coefficient (Wildman–Crippen LogP) is 4.33. The fourth-order valence-corrected chi connectivity index (χ4v) is 3.25. The molecular weight excluding hydrogens is 356 g/mol. The topological polar surface area (TPSA) is 41.6 Å². The molecule has 0 saturated carbocycles. The zero-order chi connectivity index (χ0) is 16.9. The van der Waals surface area contributed by atoms with Crippen LogP contribution in [0.4, 0.5) is 4.79 Å². The van der Waals surface area contributed by atoms with E-state index in [4.69, 9.17) is 4.74 Å². The Morgan fingerprint density at radius 1 is 1.39 bits per heavy atom. The van der Waals surface area contributed by atoms with Crippen LogP contribution in [0.3, 0.4) is 0 Å². The average molecular weight is 383 g/mol. The molecule has 128 valence electrons. The van der Waals surface area contributed by atoms with Crippen molar-refractivity contribution >= 4 is 22.0 Å². The van der Waals surface area contributed by atoms with Gasteiger partial charge in [0.25, 0.3) is 0 Å². The highest BCUT2D eigenvalue weighted by Crippen LogP contribution is 2.20. The zero-order valence-electron chi connectivity index (χ0n) is 14.3. The second-order valence-electron chi connectivity index (χ2n) is 7.08. The lowest BCUT2D eigenvalue weighted by atomic mass is 10.0. The van der Waals surface area contributed by atoms with Crippen LogP contribution in [-0.4, -0.2) is 35.7 Å². The zero-order valence-corrected chi connectivity index (χ0v) is 15.9. The number of hydrogen-bond acceptors (Lipinski definition) is 3. The number of benzene rings is 1. The van der Waals surface area contributed by atoms with Crippen LogP contribution in [-0.2, 0) is 11.3 Å². The molecule has 5 heteroatoms. The molecule has 0 radical (unpaired) electrons. The first-order valence-corrected chi connectivity index (χ1v) is 9.09. The first-order valence-electron chi connectivity index (χ1n) is 8.30. The highest BCUT2D eigenvalue weighted by Gasteiger charge is 2.30. The molecule has 1 fully saturated rings. The molecule has 4 nitrogen and oxygen atoms in total. The van der Waals surface area contributed by atoms with Crippen molar-refractivity contribution in [2.75, 3.05) is 13.1 Å². The number of ether oxygens (including phenoxy) is 1. The number of carbonyl (C=O) groups is 1. The number of nitrogens with zero attached hydrogens (tertiary/aromatic N) is 1. The Balaban J connectivity index is 1.87. The van der Waals surface area contributed by atoms with E-state index >= 15 is 0 Å². The monoisotopic (exact) mass is 382 g/mol. The number of rotatable bonds is 4. The SMILES string of the molecule is CC(C)(C)OC(=O)N1CCCC[C@H]1CNCc1cccc(Br)c1. The Morgan fingerprint density at radius 3 is 2.87 bits per heavy atom. The van der Waals surface area contributed by atoms with Crippen molar-refractivity contribution in [3.63, 3.8) is 0 Å². The van der Waals surface area contributed by atoms with Crippen LogP contribution in [0.5, 0.6) is 0 Å². The Labute approximate surface area is 147 Å². The summed E-state index contributed by atoms with van der Waals surface area (Å²) in [4.78, 5) is 14.3. The lowest BCUT2D eigenvalue weighted by Gasteiger charge is -2.37. The van der Waals surface area contributed by atoms with E-state index in [1.54, 1.807) is 0 Å². The first-order chi connectivity index (χ1) is 10.8. The van der Waals surface area contributed by atoms with Gasteiger partial charge >= 0.3 is 6.09 Å². The van der Waals surface area contributed by atoms with E-state index in [1.807, 2.05) is 37.8 Å². The highest BCUT2D eigenvalue weighted by atomic mass is 79.9. The molecule has 1 aromatic rings. The van der Waals surface area contributed by atoms with Crippen LogP contribution >= 0.6 is 15.9 Å². The highest BCUT2D eigenvalue weighted by molar-refractivity contribution is 9.10. The molecule has 1 saturated heterocycles. The molecule has 1 N–H and O–H groups in total. The predicted molar refractivity (Wildman–Crippen MR) is 96.4 cm³/mol. The van der Waals surface area contributed by atoms with Crippen molar-refractivity contribution in [2.45, 2.75) is 58.2 Å². The van der Waals surface area contributed by atoms with Gasteiger partial charge in [-0.25, -0.2) is 4.79 Å². The summed E-state index contributed by atoms with van der Waals surface area (Å²) in [6.07, 6.45) is 3.07. The normalized spacial score (nSPS) is 18.8. The van der Waals surface area contributed by atoms with Gasteiger partial charge in [-0.2, -0.15) is 0 Å². The van der Waals surface area contributed by atoms with Crippen molar-refractivity contribution in [1.29, 1.82) is 0 Å². The van der Waals surface area contributed by atoms with Gasteiger partial charge in [0.05, 0.1) is 0 Å². The minimum absolute atomic E-state index is 0.188. The number of carbonyl (C=O) groups excluding carboxylic acids is 1. The summed E-state index contributed by atoms with van der Waals surface area (Å²) in [5.41, 5.74) is 0.794. The maximum atomic E-state index is 12.4. The number of nitrogens with one attached hydrogen (secondary N) is 1. The number of hydrogen-bond donors (Lipinski definition) is 1. The van der Waals surface area contributed by atoms with Gasteiger partial charge in [-0.1, -0.05) is 28.1 Å². The molecule has 1 atom stereocenters. The van der Waals surface area contributed by atoms with E-state index in [9.17, 15) is 4.79 Å². The lowest BCUT2D eigenvalue weighted by Crippen LogP contribution is -2.50. The summed E-state index contributed by atoms with van der Waals surface area (Å²) in [7, 11) is 0. The quantitative estimate of drug-likeness (QED) is 0.842. The minimum atomic E-state index is -0.442. The van der Waals surface area contributed by atoms with Crippen LogP contribution in [0.15, 0.2) is 28.7 Å². The number of piperidine rings is 1. The van der Waals surface area contributed by atoms with E-state index in [0.717, 1.165) is 36.9 Å².